The lowest BCUT2D eigenvalue weighted by Gasteiger charge is -2.18. The van der Waals surface area contributed by atoms with Crippen LogP contribution < -0.4 is 15.8 Å². The highest BCUT2D eigenvalue weighted by Crippen LogP contribution is 2.32. The largest absolute Gasteiger partial charge is 0.483 e. The second-order valence-corrected chi connectivity index (χ2v) is 4.75. The average Bonchev–Trinajstić information content (AvgIpc) is 2.47. The minimum Gasteiger partial charge on any atom is -0.483 e. The van der Waals surface area contributed by atoms with Gasteiger partial charge in [0.15, 0.2) is 0 Å². The number of nitrogens with two attached hydrogens (primary N) is 1. The maximum absolute atomic E-state index is 5.77. The summed E-state index contributed by atoms with van der Waals surface area (Å²) in [5.74, 6) is 1.55. The Kier molecular flexibility index (Phi) is 3.29. The molecule has 0 atom stereocenters. The molecule has 0 fully saturated rings. The molecular formula is C16H17N3O. The molecule has 0 bridgehead atoms. The normalized spacial score (nSPS) is 13.2. The van der Waals surface area contributed by atoms with Crippen molar-refractivity contribution < 1.29 is 4.74 Å². The third kappa shape index (κ3) is 2.59. The average molecular weight is 267 g/mol. The first kappa shape index (κ1) is 12.5. The molecule has 0 aromatic heterocycles. The number of amidine groups is 1. The Morgan fingerprint density at radius 1 is 1.20 bits per heavy atom. The Labute approximate surface area is 118 Å². The van der Waals surface area contributed by atoms with Crippen molar-refractivity contribution in [2.24, 2.45) is 4.99 Å². The molecule has 0 unspecified atom stereocenters. The summed E-state index contributed by atoms with van der Waals surface area (Å²) in [5, 5.41) is 3.28. The van der Waals surface area contributed by atoms with E-state index in [0.717, 1.165) is 29.4 Å². The first-order valence-electron chi connectivity index (χ1n) is 6.70. The Morgan fingerprint density at radius 2 is 2.00 bits per heavy atom. The third-order valence-electron chi connectivity index (χ3n) is 3.25. The van der Waals surface area contributed by atoms with Gasteiger partial charge in [0.1, 0.15) is 23.9 Å². The van der Waals surface area contributed by atoms with E-state index in [1.165, 1.54) is 5.56 Å². The third-order valence-corrected chi connectivity index (χ3v) is 3.25. The van der Waals surface area contributed by atoms with Crippen molar-refractivity contribution >= 4 is 22.9 Å². The summed E-state index contributed by atoms with van der Waals surface area (Å²) in [5.41, 5.74) is 9.55. The van der Waals surface area contributed by atoms with Gasteiger partial charge in [-0.05, 0) is 42.3 Å². The Balaban J connectivity index is 1.81. The number of hydrogen-bond donors (Lipinski definition) is 2. The van der Waals surface area contributed by atoms with Gasteiger partial charge in [-0.15, -0.1) is 0 Å². The number of fused-ring (bicyclic) bond motifs is 1. The molecule has 102 valence electrons. The number of nitrogens with one attached hydrogen (secondary N) is 1. The van der Waals surface area contributed by atoms with Crippen LogP contribution in [0.2, 0.25) is 0 Å². The molecule has 0 saturated carbocycles. The number of nitrogen functional groups attached to an aromatic ring is 1. The van der Waals surface area contributed by atoms with E-state index in [9.17, 15) is 0 Å². The number of nitrogens with zero attached hydrogens (tertiary/aromatic N) is 1. The Morgan fingerprint density at radius 3 is 2.75 bits per heavy atom. The van der Waals surface area contributed by atoms with Gasteiger partial charge in [-0.2, -0.15) is 0 Å². The van der Waals surface area contributed by atoms with Crippen molar-refractivity contribution in [2.75, 3.05) is 17.7 Å². The van der Waals surface area contributed by atoms with E-state index >= 15 is 0 Å². The molecule has 4 nitrogen and oxygen atoms in total. The molecule has 0 spiro atoms. The number of hydrogen-bond acceptors (Lipinski definition) is 4. The van der Waals surface area contributed by atoms with E-state index < -0.39 is 0 Å². The van der Waals surface area contributed by atoms with Gasteiger partial charge in [0.2, 0.25) is 0 Å². The molecule has 2 aromatic rings. The standard InChI is InChI=1S/C16H17N3O/c1-2-11-3-6-13(7-4-11)18-16-10-20-15-8-5-12(17)9-14(15)19-16/h3-9H,2,10,17H2,1H3,(H,18,19). The van der Waals surface area contributed by atoms with Crippen LogP contribution in [-0.4, -0.2) is 12.4 Å². The molecule has 0 amide bonds. The van der Waals surface area contributed by atoms with Crippen LogP contribution in [0, 0.1) is 0 Å². The molecular weight excluding hydrogens is 250 g/mol. The van der Waals surface area contributed by atoms with Crippen molar-refractivity contribution in [3.05, 3.63) is 48.0 Å². The predicted octanol–water partition coefficient (Wildman–Crippen LogP) is 3.37. The van der Waals surface area contributed by atoms with E-state index in [1.54, 1.807) is 0 Å². The van der Waals surface area contributed by atoms with Crippen LogP contribution in [0.1, 0.15) is 12.5 Å². The van der Waals surface area contributed by atoms with E-state index in [0.29, 0.717) is 12.3 Å². The molecule has 0 radical (unpaired) electrons. The smallest absolute Gasteiger partial charge is 0.146 e. The van der Waals surface area contributed by atoms with Crippen LogP contribution in [0.4, 0.5) is 17.1 Å². The molecule has 1 heterocycles. The van der Waals surface area contributed by atoms with Crippen molar-refractivity contribution in [1.82, 2.24) is 0 Å². The van der Waals surface area contributed by atoms with Gasteiger partial charge in [-0.1, -0.05) is 19.1 Å². The maximum atomic E-state index is 5.77. The van der Waals surface area contributed by atoms with Gasteiger partial charge in [-0.3, -0.25) is 0 Å². The summed E-state index contributed by atoms with van der Waals surface area (Å²) < 4.78 is 5.66. The quantitative estimate of drug-likeness (QED) is 0.820. The molecule has 20 heavy (non-hydrogen) atoms. The lowest BCUT2D eigenvalue weighted by molar-refractivity contribution is 0.372. The van der Waals surface area contributed by atoms with Crippen molar-refractivity contribution in [1.29, 1.82) is 0 Å². The minimum atomic E-state index is 0.437. The van der Waals surface area contributed by atoms with Crippen molar-refractivity contribution in [2.45, 2.75) is 13.3 Å². The lowest BCUT2D eigenvalue weighted by Crippen LogP contribution is -2.23. The monoisotopic (exact) mass is 267 g/mol. The number of anilines is 2. The number of aryl methyl sites for hydroxylation is 1. The van der Waals surface area contributed by atoms with Gasteiger partial charge in [0.05, 0.1) is 0 Å². The number of ether oxygens (including phenoxy) is 1. The molecule has 1 aliphatic rings. The van der Waals surface area contributed by atoms with Crippen LogP contribution in [0.5, 0.6) is 5.75 Å². The summed E-state index contributed by atoms with van der Waals surface area (Å²) in [4.78, 5) is 4.54. The molecule has 1 aliphatic heterocycles. The van der Waals surface area contributed by atoms with Crippen LogP contribution in [0.3, 0.4) is 0 Å². The van der Waals surface area contributed by atoms with E-state index in [-0.39, 0.29) is 0 Å². The van der Waals surface area contributed by atoms with E-state index in [1.807, 2.05) is 18.2 Å². The van der Waals surface area contributed by atoms with E-state index in [4.69, 9.17) is 10.5 Å². The van der Waals surface area contributed by atoms with E-state index in [2.05, 4.69) is 41.5 Å². The zero-order valence-electron chi connectivity index (χ0n) is 11.4. The number of rotatable bonds is 2. The topological polar surface area (TPSA) is 59.6 Å². The van der Waals surface area contributed by atoms with Crippen LogP contribution >= 0.6 is 0 Å². The fourth-order valence-electron chi connectivity index (χ4n) is 2.12. The Bertz CT molecular complexity index is 647. The fraction of sp³-hybridized carbons (Fsp3) is 0.188. The van der Waals surface area contributed by atoms with Gasteiger partial charge < -0.3 is 15.8 Å². The molecule has 3 rings (SSSR count). The van der Waals surface area contributed by atoms with Crippen LogP contribution in [-0.2, 0) is 6.42 Å². The highest BCUT2D eigenvalue weighted by atomic mass is 16.5. The second kappa shape index (κ2) is 5.25. The number of benzene rings is 2. The highest BCUT2D eigenvalue weighted by Gasteiger charge is 2.13. The summed E-state index contributed by atoms with van der Waals surface area (Å²) in [6.07, 6.45) is 1.04. The lowest BCUT2D eigenvalue weighted by atomic mass is 10.1. The molecule has 4 heteroatoms. The number of aliphatic imine (C=N–C) groups is 1. The van der Waals surface area contributed by atoms with Crippen LogP contribution in [0.15, 0.2) is 47.5 Å². The van der Waals surface area contributed by atoms with Gasteiger partial charge in [0, 0.05) is 11.4 Å². The maximum Gasteiger partial charge on any atom is 0.146 e. The first-order valence-corrected chi connectivity index (χ1v) is 6.70. The summed E-state index contributed by atoms with van der Waals surface area (Å²) in [6.45, 7) is 2.58. The van der Waals surface area contributed by atoms with Gasteiger partial charge >= 0.3 is 0 Å². The molecule has 2 aromatic carbocycles. The van der Waals surface area contributed by atoms with Gasteiger partial charge in [0.25, 0.3) is 0 Å². The molecule has 0 aliphatic carbocycles. The summed E-state index contributed by atoms with van der Waals surface area (Å²) >= 11 is 0. The molecule has 0 saturated heterocycles. The van der Waals surface area contributed by atoms with Crippen LogP contribution in [0.25, 0.3) is 0 Å². The first-order chi connectivity index (χ1) is 9.74. The zero-order valence-corrected chi connectivity index (χ0v) is 11.4. The summed E-state index contributed by atoms with van der Waals surface area (Å²) in [6, 6.07) is 13.8. The zero-order chi connectivity index (χ0) is 13.9. The highest BCUT2D eigenvalue weighted by molar-refractivity contribution is 5.99. The Hall–Kier alpha value is -2.49. The fourth-order valence-corrected chi connectivity index (χ4v) is 2.12. The van der Waals surface area contributed by atoms with Gasteiger partial charge in [-0.25, -0.2) is 4.99 Å². The van der Waals surface area contributed by atoms with Crippen molar-refractivity contribution in [3.8, 4) is 5.75 Å². The van der Waals surface area contributed by atoms with Crippen molar-refractivity contribution in [3.63, 3.8) is 0 Å². The SMILES string of the molecule is CCc1ccc(NC2=Nc3cc(N)ccc3OC2)cc1. The molecule has 3 N–H and O–H groups in total. The second-order valence-electron chi connectivity index (χ2n) is 4.75. The minimum absolute atomic E-state index is 0.437. The predicted molar refractivity (Wildman–Crippen MR) is 82.9 cm³/mol. The summed E-state index contributed by atoms with van der Waals surface area (Å²) in [7, 11) is 0.